The molecule has 0 aliphatic rings. The molecular formula is C12H11ClN2O2. The summed E-state index contributed by atoms with van der Waals surface area (Å²) < 4.78 is 5.10. The van der Waals surface area contributed by atoms with Crippen LogP contribution in [0.2, 0.25) is 5.02 Å². The SMILES string of the molecule is Nc1c[nH]c(C(=O)OCc2ccc(Cl)cc2)c1. The first-order valence-corrected chi connectivity index (χ1v) is 5.38. The number of aromatic amines is 1. The van der Waals surface area contributed by atoms with Gasteiger partial charge < -0.3 is 15.5 Å². The lowest BCUT2D eigenvalue weighted by atomic mass is 10.2. The molecule has 1 aromatic carbocycles. The number of rotatable bonds is 3. The quantitative estimate of drug-likeness (QED) is 0.823. The van der Waals surface area contributed by atoms with Crippen molar-refractivity contribution in [3.63, 3.8) is 0 Å². The molecule has 0 radical (unpaired) electrons. The number of hydrogen-bond donors (Lipinski definition) is 2. The predicted molar refractivity (Wildman–Crippen MR) is 65.8 cm³/mol. The van der Waals surface area contributed by atoms with E-state index < -0.39 is 5.97 Å². The highest BCUT2D eigenvalue weighted by molar-refractivity contribution is 6.30. The summed E-state index contributed by atoms with van der Waals surface area (Å²) in [4.78, 5) is 14.3. The highest BCUT2D eigenvalue weighted by Crippen LogP contribution is 2.12. The summed E-state index contributed by atoms with van der Waals surface area (Å²) >= 11 is 5.75. The monoisotopic (exact) mass is 250 g/mol. The van der Waals surface area contributed by atoms with Crippen LogP contribution in [-0.4, -0.2) is 11.0 Å². The summed E-state index contributed by atoms with van der Waals surface area (Å²) in [5, 5.41) is 0.650. The molecule has 1 heterocycles. The fourth-order valence-electron chi connectivity index (χ4n) is 1.34. The summed E-state index contributed by atoms with van der Waals surface area (Å²) in [7, 11) is 0. The summed E-state index contributed by atoms with van der Waals surface area (Å²) in [5.41, 5.74) is 7.21. The molecule has 0 saturated heterocycles. The van der Waals surface area contributed by atoms with Crippen molar-refractivity contribution >= 4 is 23.3 Å². The Morgan fingerprint density at radius 2 is 2.06 bits per heavy atom. The van der Waals surface area contributed by atoms with E-state index in [0.29, 0.717) is 16.4 Å². The first-order chi connectivity index (χ1) is 8.15. The maximum Gasteiger partial charge on any atom is 0.355 e. The van der Waals surface area contributed by atoms with Crippen molar-refractivity contribution in [3.05, 3.63) is 52.8 Å². The van der Waals surface area contributed by atoms with Gasteiger partial charge in [-0.25, -0.2) is 4.79 Å². The summed E-state index contributed by atoms with van der Waals surface area (Å²) in [5.74, 6) is -0.434. The van der Waals surface area contributed by atoms with E-state index in [2.05, 4.69) is 4.98 Å². The fraction of sp³-hybridized carbons (Fsp3) is 0.0833. The molecule has 2 aromatic rings. The minimum Gasteiger partial charge on any atom is -0.456 e. The summed E-state index contributed by atoms with van der Waals surface area (Å²) in [6.07, 6.45) is 1.54. The number of anilines is 1. The third-order valence-corrected chi connectivity index (χ3v) is 2.46. The van der Waals surface area contributed by atoms with Gasteiger partial charge >= 0.3 is 5.97 Å². The molecule has 0 atom stereocenters. The molecule has 1 aromatic heterocycles. The maximum absolute atomic E-state index is 11.6. The lowest BCUT2D eigenvalue weighted by Gasteiger charge is -2.03. The van der Waals surface area contributed by atoms with Crippen molar-refractivity contribution < 1.29 is 9.53 Å². The second-order valence-corrected chi connectivity index (χ2v) is 3.99. The van der Waals surface area contributed by atoms with E-state index in [4.69, 9.17) is 22.1 Å². The van der Waals surface area contributed by atoms with Crippen molar-refractivity contribution in [2.75, 3.05) is 5.73 Å². The lowest BCUT2D eigenvalue weighted by molar-refractivity contribution is 0.0466. The molecule has 0 aliphatic heterocycles. The average Bonchev–Trinajstić information content (AvgIpc) is 2.75. The number of H-pyrrole nitrogens is 1. The van der Waals surface area contributed by atoms with Crippen molar-refractivity contribution in [1.82, 2.24) is 4.98 Å². The molecule has 17 heavy (non-hydrogen) atoms. The van der Waals surface area contributed by atoms with Crippen LogP contribution in [0.4, 0.5) is 5.69 Å². The van der Waals surface area contributed by atoms with E-state index in [0.717, 1.165) is 5.56 Å². The Hall–Kier alpha value is -1.94. The van der Waals surface area contributed by atoms with Gasteiger partial charge in [0.15, 0.2) is 0 Å². The second-order valence-electron chi connectivity index (χ2n) is 3.55. The zero-order valence-electron chi connectivity index (χ0n) is 8.94. The van der Waals surface area contributed by atoms with Gasteiger partial charge in [-0.15, -0.1) is 0 Å². The van der Waals surface area contributed by atoms with Crippen LogP contribution < -0.4 is 5.73 Å². The minimum atomic E-state index is -0.434. The number of carbonyl (C=O) groups is 1. The zero-order valence-corrected chi connectivity index (χ0v) is 9.70. The van der Waals surface area contributed by atoms with Crippen LogP contribution in [0.5, 0.6) is 0 Å². The lowest BCUT2D eigenvalue weighted by Crippen LogP contribution is -2.05. The van der Waals surface area contributed by atoms with E-state index >= 15 is 0 Å². The molecule has 0 bridgehead atoms. The molecule has 88 valence electrons. The van der Waals surface area contributed by atoms with Crippen LogP contribution >= 0.6 is 11.6 Å². The Kier molecular flexibility index (Phi) is 3.35. The molecule has 4 nitrogen and oxygen atoms in total. The minimum absolute atomic E-state index is 0.203. The first-order valence-electron chi connectivity index (χ1n) is 5.00. The molecule has 0 amide bonds. The second kappa shape index (κ2) is 4.93. The van der Waals surface area contributed by atoms with Crippen LogP contribution in [0.1, 0.15) is 16.1 Å². The third kappa shape index (κ3) is 3.01. The topological polar surface area (TPSA) is 68.1 Å². The van der Waals surface area contributed by atoms with Crippen LogP contribution in [0, 0.1) is 0 Å². The Morgan fingerprint density at radius 1 is 1.35 bits per heavy atom. The van der Waals surface area contributed by atoms with E-state index in [-0.39, 0.29) is 6.61 Å². The molecule has 0 aliphatic carbocycles. The predicted octanol–water partition coefficient (Wildman–Crippen LogP) is 2.61. The van der Waals surface area contributed by atoms with Crippen molar-refractivity contribution in [2.45, 2.75) is 6.61 Å². The molecule has 5 heteroatoms. The van der Waals surface area contributed by atoms with Gasteiger partial charge in [-0.05, 0) is 23.8 Å². The summed E-state index contributed by atoms with van der Waals surface area (Å²) in [6.45, 7) is 0.203. The van der Waals surface area contributed by atoms with Crippen LogP contribution in [-0.2, 0) is 11.3 Å². The van der Waals surface area contributed by atoms with E-state index in [1.807, 2.05) is 0 Å². The standard InChI is InChI=1S/C12H11ClN2O2/c13-9-3-1-8(2-4-9)7-17-12(16)11-5-10(14)6-15-11/h1-6,15H,7,14H2. The van der Waals surface area contributed by atoms with E-state index in [1.54, 1.807) is 30.5 Å². The zero-order chi connectivity index (χ0) is 12.3. The molecule has 0 unspecified atom stereocenters. The van der Waals surface area contributed by atoms with E-state index in [1.165, 1.54) is 6.07 Å². The van der Waals surface area contributed by atoms with Gasteiger partial charge in [0.25, 0.3) is 0 Å². The average molecular weight is 251 g/mol. The number of nitrogen functional groups attached to an aromatic ring is 1. The third-order valence-electron chi connectivity index (χ3n) is 2.21. The molecule has 0 saturated carbocycles. The number of benzene rings is 1. The van der Waals surface area contributed by atoms with Crippen LogP contribution in [0.25, 0.3) is 0 Å². The van der Waals surface area contributed by atoms with Gasteiger partial charge in [0.05, 0.1) is 5.69 Å². The number of halogens is 1. The van der Waals surface area contributed by atoms with Gasteiger partial charge in [0.2, 0.25) is 0 Å². The van der Waals surface area contributed by atoms with Gasteiger partial charge in [-0.3, -0.25) is 0 Å². The highest BCUT2D eigenvalue weighted by Gasteiger charge is 2.09. The molecule has 0 fully saturated rings. The van der Waals surface area contributed by atoms with Crippen molar-refractivity contribution in [3.8, 4) is 0 Å². The highest BCUT2D eigenvalue weighted by atomic mass is 35.5. The number of aromatic nitrogens is 1. The van der Waals surface area contributed by atoms with Crippen molar-refractivity contribution in [1.29, 1.82) is 0 Å². The first kappa shape index (κ1) is 11.5. The smallest absolute Gasteiger partial charge is 0.355 e. The van der Waals surface area contributed by atoms with Gasteiger partial charge in [0.1, 0.15) is 12.3 Å². The molecule has 3 N–H and O–H groups in total. The van der Waals surface area contributed by atoms with Gasteiger partial charge in [-0.1, -0.05) is 23.7 Å². The van der Waals surface area contributed by atoms with Crippen LogP contribution in [0.15, 0.2) is 36.5 Å². The Balaban J connectivity index is 1.94. The molecule has 2 rings (SSSR count). The van der Waals surface area contributed by atoms with Gasteiger partial charge in [0, 0.05) is 11.2 Å². The maximum atomic E-state index is 11.6. The Labute approximate surface area is 103 Å². The van der Waals surface area contributed by atoms with Gasteiger partial charge in [-0.2, -0.15) is 0 Å². The Morgan fingerprint density at radius 3 is 2.65 bits per heavy atom. The number of nitrogens with two attached hydrogens (primary N) is 1. The fourth-order valence-corrected chi connectivity index (χ4v) is 1.46. The Bertz CT molecular complexity index is 520. The largest absolute Gasteiger partial charge is 0.456 e. The summed E-state index contributed by atoms with van der Waals surface area (Å²) in [6, 6.07) is 8.64. The number of nitrogens with one attached hydrogen (secondary N) is 1. The number of carbonyl (C=O) groups excluding carboxylic acids is 1. The number of hydrogen-bond acceptors (Lipinski definition) is 3. The normalized spacial score (nSPS) is 10.2. The van der Waals surface area contributed by atoms with Crippen LogP contribution in [0.3, 0.4) is 0 Å². The number of esters is 1. The number of ether oxygens (including phenoxy) is 1. The molecular weight excluding hydrogens is 240 g/mol. The van der Waals surface area contributed by atoms with E-state index in [9.17, 15) is 4.79 Å². The van der Waals surface area contributed by atoms with Crippen molar-refractivity contribution in [2.24, 2.45) is 0 Å². The molecule has 0 spiro atoms.